The molecule has 0 aliphatic heterocycles. The van der Waals surface area contributed by atoms with E-state index in [-0.39, 0.29) is 20.1 Å². The van der Waals surface area contributed by atoms with Gasteiger partial charge in [-0.3, -0.25) is 4.98 Å². The van der Waals surface area contributed by atoms with E-state index in [4.69, 9.17) is 9.40 Å². The van der Waals surface area contributed by atoms with Crippen LogP contribution in [0.5, 0.6) is 0 Å². The summed E-state index contributed by atoms with van der Waals surface area (Å²) in [5, 5.41) is 3.45. The van der Waals surface area contributed by atoms with Crippen LogP contribution in [0.15, 0.2) is 156 Å². The Bertz CT molecular complexity index is 3200. The maximum Gasteiger partial charge on any atom is 0.216 e. The minimum atomic E-state index is -1.33. The SMILES string of the molecule is Cc1cc(C)cc(-c2cc(-c3ccccc3)c(-n3c(-c4[c-]cccc4)nc4ccccc43)c(C(C)C)c2)c1.Cc1ccc2c(n1)oc1c[c-]c(-c3ccc([Si](C)(C)C)cn3)cc12.[Ir]. The number of benzene rings is 6. The van der Waals surface area contributed by atoms with Gasteiger partial charge in [-0.25, -0.2) is 4.98 Å². The summed E-state index contributed by atoms with van der Waals surface area (Å²) < 4.78 is 8.18. The predicted octanol–water partition coefficient (Wildman–Crippen LogP) is 14.3. The molecule has 6 aromatic carbocycles. The van der Waals surface area contributed by atoms with Crippen LogP contribution in [0, 0.1) is 32.9 Å². The molecule has 0 spiro atoms. The first kappa shape index (κ1) is 43.4. The molecule has 63 heavy (non-hydrogen) atoms. The molecule has 0 unspecified atom stereocenters. The zero-order valence-corrected chi connectivity index (χ0v) is 40.4. The Morgan fingerprint density at radius 1 is 0.651 bits per heavy atom. The molecule has 0 fully saturated rings. The maximum absolute atomic E-state index is 5.83. The second kappa shape index (κ2) is 17.9. The summed E-state index contributed by atoms with van der Waals surface area (Å²) in [6.07, 6.45) is 2.01. The van der Waals surface area contributed by atoms with E-state index in [1.165, 1.54) is 49.8 Å². The first-order valence-electron chi connectivity index (χ1n) is 21.4. The van der Waals surface area contributed by atoms with Gasteiger partial charge in [0.1, 0.15) is 0 Å². The molecule has 10 aromatic rings. The predicted molar refractivity (Wildman–Crippen MR) is 261 cm³/mol. The molecule has 0 saturated heterocycles. The summed E-state index contributed by atoms with van der Waals surface area (Å²) in [7, 11) is -1.33. The van der Waals surface area contributed by atoms with Crippen LogP contribution in [0.1, 0.15) is 42.1 Å². The number of hydrogen-bond donors (Lipinski definition) is 0. The molecule has 7 heteroatoms. The third-order valence-corrected chi connectivity index (χ3v) is 13.5. The van der Waals surface area contributed by atoms with E-state index in [1.54, 1.807) is 0 Å². The Kier molecular flexibility index (Phi) is 12.3. The zero-order valence-electron chi connectivity index (χ0n) is 37.0. The average Bonchev–Trinajstić information content (AvgIpc) is 3.84. The van der Waals surface area contributed by atoms with Crippen molar-refractivity contribution in [1.82, 2.24) is 19.5 Å². The van der Waals surface area contributed by atoms with Crippen LogP contribution in [-0.2, 0) is 20.1 Å². The smallest absolute Gasteiger partial charge is 0.216 e. The third-order valence-electron chi connectivity index (χ3n) is 11.5. The molecule has 0 atom stereocenters. The fraction of sp³-hybridized carbons (Fsp3) is 0.161. The van der Waals surface area contributed by atoms with Gasteiger partial charge in [0.2, 0.25) is 5.71 Å². The van der Waals surface area contributed by atoms with Crippen molar-refractivity contribution in [1.29, 1.82) is 0 Å². The van der Waals surface area contributed by atoms with Crippen molar-refractivity contribution in [3.63, 3.8) is 0 Å². The van der Waals surface area contributed by atoms with Crippen molar-refractivity contribution >= 4 is 46.4 Å². The second-order valence-electron chi connectivity index (χ2n) is 17.6. The summed E-state index contributed by atoms with van der Waals surface area (Å²) in [5.41, 5.74) is 17.3. The minimum Gasteiger partial charge on any atom is -0.486 e. The van der Waals surface area contributed by atoms with Crippen LogP contribution >= 0.6 is 0 Å². The number of furan rings is 1. The number of imidazole rings is 1. The Labute approximate surface area is 385 Å². The van der Waals surface area contributed by atoms with E-state index < -0.39 is 8.07 Å². The number of aryl methyl sites for hydroxylation is 3. The molecule has 10 rings (SSSR count). The van der Waals surface area contributed by atoms with Gasteiger partial charge in [0, 0.05) is 48.6 Å². The normalized spacial score (nSPS) is 11.5. The number of rotatable bonds is 7. The molecule has 1 radical (unpaired) electrons. The molecule has 4 heterocycles. The van der Waals surface area contributed by atoms with Gasteiger partial charge in [-0.2, -0.15) is 0 Å². The Hall–Kier alpha value is -6.24. The quantitative estimate of drug-likeness (QED) is 0.118. The van der Waals surface area contributed by atoms with Gasteiger partial charge in [-0.1, -0.05) is 123 Å². The van der Waals surface area contributed by atoms with E-state index in [0.717, 1.165) is 55.7 Å². The molecule has 5 nitrogen and oxygen atoms in total. The van der Waals surface area contributed by atoms with E-state index >= 15 is 0 Å². The van der Waals surface area contributed by atoms with Gasteiger partial charge in [-0.15, -0.1) is 59.7 Å². The van der Waals surface area contributed by atoms with Crippen LogP contribution in [0.25, 0.3) is 83.7 Å². The Balaban J connectivity index is 0.000000188. The number of pyridine rings is 2. The molecular weight excluding hydrogens is 965 g/mol. The maximum atomic E-state index is 5.83. The molecule has 0 aliphatic rings. The molecule has 315 valence electrons. The monoisotopic (exact) mass is 1020 g/mol. The summed E-state index contributed by atoms with van der Waals surface area (Å²) in [6, 6.07) is 57.9. The fourth-order valence-electron chi connectivity index (χ4n) is 8.30. The van der Waals surface area contributed by atoms with Crippen LogP contribution in [0.3, 0.4) is 0 Å². The van der Waals surface area contributed by atoms with E-state index in [9.17, 15) is 0 Å². The van der Waals surface area contributed by atoms with Gasteiger partial charge in [0.25, 0.3) is 0 Å². The zero-order chi connectivity index (χ0) is 43.1. The van der Waals surface area contributed by atoms with E-state index in [0.29, 0.717) is 11.6 Å². The van der Waals surface area contributed by atoms with Crippen LogP contribution in [-0.4, -0.2) is 27.6 Å². The van der Waals surface area contributed by atoms with Crippen molar-refractivity contribution in [2.75, 3.05) is 0 Å². The number of para-hydroxylation sites is 2. The van der Waals surface area contributed by atoms with Crippen molar-refractivity contribution < 1.29 is 24.5 Å². The number of nitrogens with zero attached hydrogens (tertiary/aromatic N) is 4. The topological polar surface area (TPSA) is 56.7 Å². The van der Waals surface area contributed by atoms with Crippen molar-refractivity contribution in [2.45, 2.75) is 60.2 Å². The van der Waals surface area contributed by atoms with Crippen molar-refractivity contribution in [3.05, 3.63) is 186 Å². The molecular formula is C56H50IrN4OSi-2. The van der Waals surface area contributed by atoms with Crippen molar-refractivity contribution in [2.24, 2.45) is 0 Å². The van der Waals surface area contributed by atoms with Crippen LogP contribution in [0.4, 0.5) is 0 Å². The third kappa shape index (κ3) is 8.87. The van der Waals surface area contributed by atoms with E-state index in [2.05, 4.69) is 195 Å². The number of fused-ring (bicyclic) bond motifs is 4. The van der Waals surface area contributed by atoms with Crippen LogP contribution in [0.2, 0.25) is 19.6 Å². The Morgan fingerprint density at radius 3 is 2.08 bits per heavy atom. The molecule has 0 bridgehead atoms. The largest absolute Gasteiger partial charge is 0.486 e. The van der Waals surface area contributed by atoms with Gasteiger partial charge < -0.3 is 14.0 Å². The first-order chi connectivity index (χ1) is 29.9. The molecule has 0 amide bonds. The molecule has 0 aliphatic carbocycles. The first-order valence-corrected chi connectivity index (χ1v) is 24.9. The molecule has 0 N–H and O–H groups in total. The summed E-state index contributed by atoms with van der Waals surface area (Å²) >= 11 is 0. The summed E-state index contributed by atoms with van der Waals surface area (Å²) in [4.78, 5) is 14.3. The molecule has 4 aromatic heterocycles. The van der Waals surface area contributed by atoms with Gasteiger partial charge in [0.05, 0.1) is 30.5 Å². The van der Waals surface area contributed by atoms with Crippen LogP contribution < -0.4 is 5.19 Å². The average molecular weight is 1020 g/mol. The summed E-state index contributed by atoms with van der Waals surface area (Å²) in [6.45, 7) is 17.9. The second-order valence-corrected chi connectivity index (χ2v) is 22.7. The summed E-state index contributed by atoms with van der Waals surface area (Å²) in [5.74, 6) is 1.21. The fourth-order valence-corrected chi connectivity index (χ4v) is 9.33. The number of hydrogen-bond acceptors (Lipinski definition) is 4. The van der Waals surface area contributed by atoms with Gasteiger partial charge >= 0.3 is 0 Å². The van der Waals surface area contributed by atoms with E-state index in [1.807, 2.05) is 37.4 Å². The van der Waals surface area contributed by atoms with Crippen molar-refractivity contribution in [3.8, 4) is 50.6 Å². The molecule has 0 saturated carbocycles. The number of aromatic nitrogens is 4. The standard InChI is InChI=1S/C36H31N2.C20H19N2OSi.Ir/c1-24(2)31-22-30(29-20-25(3)19-26(4)21-29)23-32(27-13-7-5-8-14-27)35(31)38-34-18-12-11-17-33(34)37-36(38)28-15-9-6-10-16-28;1-13-5-8-16-17-11-14(6-10-19(17)23-20(16)22-13)18-9-7-15(12-21-18)24(2,3)4;/h5-15,17-24H,1-4H3;5,7-12H,1-4H3;/q2*-1;. The van der Waals surface area contributed by atoms with Gasteiger partial charge in [0.15, 0.2) is 0 Å². The van der Waals surface area contributed by atoms with Gasteiger partial charge in [-0.05, 0) is 96.2 Å². The minimum absolute atomic E-state index is 0. The Morgan fingerprint density at radius 2 is 1.38 bits per heavy atom.